The van der Waals surface area contributed by atoms with Gasteiger partial charge in [0, 0.05) is 16.6 Å². The van der Waals surface area contributed by atoms with E-state index in [4.69, 9.17) is 28.3 Å². The molecule has 3 N–H and O–H groups in total. The van der Waals surface area contributed by atoms with Crippen LogP contribution in [0.4, 0.5) is 0 Å². The van der Waals surface area contributed by atoms with Gasteiger partial charge in [0.05, 0.1) is 14.9 Å². The van der Waals surface area contributed by atoms with Crippen molar-refractivity contribution >= 4 is 60.6 Å². The lowest BCUT2D eigenvalue weighted by atomic mass is 10.2. The van der Waals surface area contributed by atoms with Crippen molar-refractivity contribution in [1.29, 1.82) is 0 Å². The Hall–Kier alpha value is -1.64. The summed E-state index contributed by atoms with van der Waals surface area (Å²) in [4.78, 5) is 12.8. The number of benzene rings is 2. The summed E-state index contributed by atoms with van der Waals surface area (Å²) in [5.41, 5.74) is 0.732. The predicted octanol–water partition coefficient (Wildman–Crippen LogP) is 3.79. The maximum absolute atomic E-state index is 12.4. The number of carbonyl (C=O) groups is 1. The summed E-state index contributed by atoms with van der Waals surface area (Å²) in [6.07, 6.45) is 0. The Morgan fingerprint density at radius 1 is 1.12 bits per heavy atom. The van der Waals surface area contributed by atoms with Crippen molar-refractivity contribution in [3.05, 3.63) is 63.0 Å². The number of carbonyl (C=O) groups excluding carboxylic acids is 1. The molecule has 0 unspecified atom stereocenters. The predicted molar refractivity (Wildman–Crippen MR) is 101 cm³/mol. The number of thiophene rings is 1. The topological polar surface area (TPSA) is 89.3 Å². The van der Waals surface area contributed by atoms with Gasteiger partial charge in [0.2, 0.25) is 10.0 Å². The largest absolute Gasteiger partial charge is 0.347 e. The van der Waals surface area contributed by atoms with Crippen LogP contribution in [-0.2, 0) is 16.6 Å². The highest BCUT2D eigenvalue weighted by Gasteiger charge is 2.18. The van der Waals surface area contributed by atoms with Gasteiger partial charge in [-0.1, -0.05) is 41.4 Å². The molecule has 1 amide bonds. The van der Waals surface area contributed by atoms with E-state index < -0.39 is 10.0 Å². The van der Waals surface area contributed by atoms with E-state index in [9.17, 15) is 13.2 Å². The molecule has 25 heavy (non-hydrogen) atoms. The number of primary sulfonamides is 1. The number of nitrogens with one attached hydrogen (secondary N) is 1. The Labute approximate surface area is 158 Å². The van der Waals surface area contributed by atoms with Crippen LogP contribution in [0.25, 0.3) is 10.1 Å². The van der Waals surface area contributed by atoms with Gasteiger partial charge >= 0.3 is 0 Å². The average Bonchev–Trinajstić information content (AvgIpc) is 2.90. The lowest BCUT2D eigenvalue weighted by Gasteiger charge is -2.05. The summed E-state index contributed by atoms with van der Waals surface area (Å²) in [6, 6.07) is 11.3. The van der Waals surface area contributed by atoms with Crippen LogP contribution in [0.1, 0.15) is 15.2 Å². The molecular weight excluding hydrogens is 403 g/mol. The number of halogens is 2. The summed E-state index contributed by atoms with van der Waals surface area (Å²) in [5.74, 6) is -0.321. The Morgan fingerprint density at radius 3 is 2.40 bits per heavy atom. The van der Waals surface area contributed by atoms with Gasteiger partial charge in [-0.05, 0) is 29.8 Å². The zero-order valence-corrected chi connectivity index (χ0v) is 15.8. The lowest BCUT2D eigenvalue weighted by molar-refractivity contribution is 0.0955. The quantitative estimate of drug-likeness (QED) is 0.680. The summed E-state index contributed by atoms with van der Waals surface area (Å²) < 4.78 is 23.3. The molecule has 3 aromatic rings. The van der Waals surface area contributed by atoms with Gasteiger partial charge < -0.3 is 5.32 Å². The molecule has 0 saturated carbocycles. The normalized spacial score (nSPS) is 11.6. The fraction of sp³-hybridized carbons (Fsp3) is 0.0625. The number of sulfonamides is 1. The van der Waals surface area contributed by atoms with Crippen LogP contribution < -0.4 is 10.5 Å². The van der Waals surface area contributed by atoms with Crippen molar-refractivity contribution in [3.8, 4) is 0 Å². The number of fused-ring (bicyclic) bond motifs is 1. The molecule has 130 valence electrons. The molecule has 3 rings (SSSR count). The maximum atomic E-state index is 12.4. The molecular formula is C16H12Cl2N2O3S2. The summed E-state index contributed by atoms with van der Waals surface area (Å²) in [7, 11) is -3.73. The van der Waals surface area contributed by atoms with E-state index in [1.165, 1.54) is 23.5 Å². The third-order valence-corrected chi connectivity index (χ3v) is 6.41. The van der Waals surface area contributed by atoms with E-state index in [2.05, 4.69) is 5.32 Å². The molecule has 0 aliphatic heterocycles. The van der Waals surface area contributed by atoms with Crippen LogP contribution in [-0.4, -0.2) is 14.3 Å². The van der Waals surface area contributed by atoms with Crippen LogP contribution in [0.5, 0.6) is 0 Å². The van der Waals surface area contributed by atoms with Crippen molar-refractivity contribution < 1.29 is 13.2 Å². The first-order valence-corrected chi connectivity index (χ1v) is 10.2. The molecule has 0 radical (unpaired) electrons. The van der Waals surface area contributed by atoms with E-state index in [0.717, 1.165) is 10.3 Å². The van der Waals surface area contributed by atoms with Crippen molar-refractivity contribution in [2.24, 2.45) is 5.14 Å². The fourth-order valence-corrected chi connectivity index (χ4v) is 4.66. The molecule has 0 spiro atoms. The molecule has 2 aromatic carbocycles. The lowest BCUT2D eigenvalue weighted by Crippen LogP contribution is -2.22. The summed E-state index contributed by atoms with van der Waals surface area (Å²) in [5, 5.41) is 9.30. The average molecular weight is 415 g/mol. The fourth-order valence-electron chi connectivity index (χ4n) is 2.28. The first-order chi connectivity index (χ1) is 11.8. The number of hydrogen-bond acceptors (Lipinski definition) is 4. The van der Waals surface area contributed by atoms with E-state index >= 15 is 0 Å². The van der Waals surface area contributed by atoms with Gasteiger partial charge in [0.15, 0.2) is 0 Å². The van der Waals surface area contributed by atoms with Gasteiger partial charge in [-0.3, -0.25) is 4.79 Å². The molecule has 0 fully saturated rings. The zero-order valence-electron chi connectivity index (χ0n) is 12.6. The van der Waals surface area contributed by atoms with Gasteiger partial charge in [-0.15, -0.1) is 11.3 Å². The number of hydrogen-bond donors (Lipinski definition) is 2. The standard InChI is InChI=1S/C16H12Cl2N2O3S2/c17-11-2-1-3-12-13(11)14(18)15(24-12)16(21)20-8-9-4-6-10(7-5-9)25(19,22)23/h1-7H,8H2,(H,20,21)(H2,19,22,23). The van der Waals surface area contributed by atoms with Crippen LogP contribution in [0, 0.1) is 0 Å². The second-order valence-corrected chi connectivity index (χ2v) is 8.63. The Balaban J connectivity index is 1.77. The SMILES string of the molecule is NS(=O)(=O)c1ccc(CNC(=O)c2sc3cccc(Cl)c3c2Cl)cc1. The van der Waals surface area contributed by atoms with Crippen molar-refractivity contribution in [1.82, 2.24) is 5.32 Å². The number of amides is 1. The molecule has 0 saturated heterocycles. The van der Waals surface area contributed by atoms with Crippen LogP contribution in [0.2, 0.25) is 10.0 Å². The van der Waals surface area contributed by atoms with Crippen LogP contribution in [0.15, 0.2) is 47.4 Å². The monoisotopic (exact) mass is 414 g/mol. The zero-order chi connectivity index (χ0) is 18.2. The molecule has 1 aromatic heterocycles. The van der Waals surface area contributed by atoms with E-state index in [1.54, 1.807) is 24.3 Å². The van der Waals surface area contributed by atoms with Crippen molar-refractivity contribution in [3.63, 3.8) is 0 Å². The van der Waals surface area contributed by atoms with Crippen molar-refractivity contribution in [2.45, 2.75) is 11.4 Å². The smallest absolute Gasteiger partial charge is 0.263 e. The third-order valence-electron chi connectivity index (χ3n) is 3.52. The van der Waals surface area contributed by atoms with E-state index in [-0.39, 0.29) is 17.3 Å². The second kappa shape index (κ2) is 6.93. The first-order valence-electron chi connectivity index (χ1n) is 7.04. The van der Waals surface area contributed by atoms with E-state index in [0.29, 0.717) is 20.3 Å². The molecule has 0 bridgehead atoms. The third kappa shape index (κ3) is 3.80. The highest BCUT2D eigenvalue weighted by Crippen LogP contribution is 2.39. The first kappa shape index (κ1) is 18.2. The minimum Gasteiger partial charge on any atom is -0.347 e. The molecule has 0 aliphatic rings. The number of nitrogens with two attached hydrogens (primary N) is 1. The molecule has 1 heterocycles. The van der Waals surface area contributed by atoms with Crippen LogP contribution >= 0.6 is 34.5 Å². The maximum Gasteiger partial charge on any atom is 0.263 e. The molecule has 5 nitrogen and oxygen atoms in total. The van der Waals surface area contributed by atoms with Crippen molar-refractivity contribution in [2.75, 3.05) is 0 Å². The Kier molecular flexibility index (Phi) is 5.04. The minimum atomic E-state index is -3.73. The highest BCUT2D eigenvalue weighted by molar-refractivity contribution is 7.89. The summed E-state index contributed by atoms with van der Waals surface area (Å²) >= 11 is 13.7. The Bertz CT molecular complexity index is 1060. The van der Waals surface area contributed by atoms with E-state index in [1.807, 2.05) is 6.07 Å². The van der Waals surface area contributed by atoms with Gasteiger partial charge in [-0.25, -0.2) is 13.6 Å². The van der Waals surface area contributed by atoms with Gasteiger partial charge in [-0.2, -0.15) is 0 Å². The minimum absolute atomic E-state index is 0.0183. The van der Waals surface area contributed by atoms with Gasteiger partial charge in [0.25, 0.3) is 5.91 Å². The Morgan fingerprint density at radius 2 is 1.80 bits per heavy atom. The molecule has 0 atom stereocenters. The highest BCUT2D eigenvalue weighted by atomic mass is 35.5. The van der Waals surface area contributed by atoms with Gasteiger partial charge in [0.1, 0.15) is 4.88 Å². The second-order valence-electron chi connectivity index (χ2n) is 5.23. The van der Waals surface area contributed by atoms with Crippen LogP contribution in [0.3, 0.4) is 0 Å². The molecule has 0 aliphatic carbocycles. The molecule has 9 heteroatoms. The summed E-state index contributed by atoms with van der Waals surface area (Å²) in [6.45, 7) is 0.224. The number of rotatable bonds is 4.